The van der Waals surface area contributed by atoms with Gasteiger partial charge in [0.25, 0.3) is 0 Å². The van der Waals surface area contributed by atoms with E-state index in [1.165, 1.54) is 98.1 Å². The van der Waals surface area contributed by atoms with Crippen LogP contribution in [0.4, 0.5) is 0 Å². The summed E-state index contributed by atoms with van der Waals surface area (Å²) < 4.78 is 0. The predicted octanol–water partition coefficient (Wildman–Crippen LogP) is 6.35. The maximum atomic E-state index is 12.3. The van der Waals surface area contributed by atoms with E-state index in [1.807, 2.05) is 0 Å². The number of hydrogen-bond donors (Lipinski definition) is 2. The van der Waals surface area contributed by atoms with Gasteiger partial charge in [-0.05, 0) is 67.8 Å². The summed E-state index contributed by atoms with van der Waals surface area (Å²) in [6, 6.07) is 37.8. The van der Waals surface area contributed by atoms with Crippen LogP contribution in [0.3, 0.4) is 0 Å². The zero-order valence-electron chi connectivity index (χ0n) is 25.9. The van der Waals surface area contributed by atoms with Gasteiger partial charge in [0.2, 0.25) is 0 Å². The second-order valence-corrected chi connectivity index (χ2v) is 15.3. The molecule has 0 amide bonds. The first-order valence-corrected chi connectivity index (χ1v) is 18.2. The highest BCUT2D eigenvalue weighted by Crippen LogP contribution is 2.56. The highest BCUT2D eigenvalue weighted by atomic mass is 79.9. The van der Waals surface area contributed by atoms with Gasteiger partial charge in [-0.15, -0.1) is 0 Å². The van der Waals surface area contributed by atoms with Crippen molar-refractivity contribution in [3.05, 3.63) is 115 Å². The van der Waals surface area contributed by atoms with Crippen LogP contribution in [0, 0.1) is 0 Å². The number of ketones is 1. The molecule has 0 saturated carbocycles. The second-order valence-electron chi connectivity index (χ2n) is 11.7. The molecule has 44 heavy (non-hydrogen) atoms. The van der Waals surface area contributed by atoms with Crippen LogP contribution in [0.15, 0.2) is 109 Å². The molecule has 4 aromatic rings. The molecule has 0 saturated heterocycles. The Morgan fingerprint density at radius 1 is 0.500 bits per heavy atom. The lowest BCUT2D eigenvalue weighted by Gasteiger charge is -2.27. The summed E-state index contributed by atoms with van der Waals surface area (Å²) in [4.78, 5) is 12.3. The molecule has 0 heterocycles. The van der Waals surface area contributed by atoms with E-state index in [0.717, 1.165) is 19.3 Å². The van der Waals surface area contributed by atoms with Crippen LogP contribution in [0.25, 0.3) is 0 Å². The van der Waals surface area contributed by atoms with Gasteiger partial charge in [-0.2, -0.15) is 0 Å². The first-order valence-electron chi connectivity index (χ1n) is 16.2. The Labute approximate surface area is 275 Å². The number of phenolic OH excluding ortho intramolecular Hbond substituents is 2. The van der Waals surface area contributed by atoms with Crippen molar-refractivity contribution in [2.24, 2.45) is 0 Å². The van der Waals surface area contributed by atoms with Gasteiger partial charge in [0, 0.05) is 12.5 Å². The second kappa shape index (κ2) is 19.4. The molecule has 0 unspecified atom stereocenters. The lowest BCUT2D eigenvalue weighted by Crippen LogP contribution is -3.00. The standard InChI is InChI=1S/C39H47O3P.BrH/c40-33-29-30-37(39(42)32-33)38(41)28-20-9-7-5-3-1-2-4-6-8-10-21-31-43(34-22-14-11-15-23-34,35-24-16-12-17-25-35)36-26-18-13-19-27-36;/h11-19,22-27,29-30,32H,1-10,20-21,28,31H2,(H-,40,41,42);1H. The normalized spacial score (nSPS) is 11.2. The third-order valence-corrected chi connectivity index (χ3v) is 13.0. The van der Waals surface area contributed by atoms with Crippen molar-refractivity contribution in [2.75, 3.05) is 6.16 Å². The van der Waals surface area contributed by atoms with E-state index >= 15 is 0 Å². The van der Waals surface area contributed by atoms with Crippen LogP contribution in [0.2, 0.25) is 0 Å². The third-order valence-electron chi connectivity index (χ3n) is 8.52. The van der Waals surface area contributed by atoms with E-state index in [0.29, 0.717) is 12.0 Å². The van der Waals surface area contributed by atoms with Crippen LogP contribution < -0.4 is 32.9 Å². The van der Waals surface area contributed by atoms with E-state index in [4.69, 9.17) is 0 Å². The average Bonchev–Trinajstić information content (AvgIpc) is 3.04. The van der Waals surface area contributed by atoms with Crippen molar-refractivity contribution in [2.45, 2.75) is 83.5 Å². The number of Topliss-reactive ketones (excluding diaryl/α,β-unsaturated/α-hetero) is 1. The minimum atomic E-state index is -1.70. The Morgan fingerprint density at radius 2 is 0.886 bits per heavy atom. The summed E-state index contributed by atoms with van der Waals surface area (Å²) in [6.45, 7) is 0. The van der Waals surface area contributed by atoms with Crippen LogP contribution in [-0.4, -0.2) is 22.2 Å². The van der Waals surface area contributed by atoms with Crippen molar-refractivity contribution in [3.8, 4) is 11.5 Å². The molecule has 3 nitrogen and oxygen atoms in total. The number of unbranched alkanes of at least 4 members (excludes halogenated alkanes) is 11. The molecule has 0 aliphatic heterocycles. The lowest BCUT2D eigenvalue weighted by molar-refractivity contribution is -0.0000191. The first-order chi connectivity index (χ1) is 21.1. The van der Waals surface area contributed by atoms with Crippen molar-refractivity contribution >= 4 is 29.0 Å². The minimum absolute atomic E-state index is 0. The SMILES string of the molecule is O=C(CCCCCCCCCCCCCC[P+](c1ccccc1)(c1ccccc1)c1ccccc1)c1ccc(O)cc1O.[Br-]. The maximum absolute atomic E-state index is 12.3. The lowest BCUT2D eigenvalue weighted by atomic mass is 10.0. The van der Waals surface area contributed by atoms with Crippen molar-refractivity contribution in [1.29, 1.82) is 0 Å². The van der Waals surface area contributed by atoms with E-state index in [9.17, 15) is 15.0 Å². The molecule has 234 valence electrons. The summed E-state index contributed by atoms with van der Waals surface area (Å²) in [7, 11) is -1.70. The zero-order valence-corrected chi connectivity index (χ0v) is 28.4. The van der Waals surface area contributed by atoms with Gasteiger partial charge in [0.1, 0.15) is 34.7 Å². The minimum Gasteiger partial charge on any atom is -1.00 e. The van der Waals surface area contributed by atoms with Gasteiger partial charge in [-0.3, -0.25) is 4.79 Å². The number of benzene rings is 4. The topological polar surface area (TPSA) is 57.5 Å². The maximum Gasteiger partial charge on any atom is 0.166 e. The molecule has 0 aliphatic carbocycles. The molecular weight excluding hydrogens is 627 g/mol. The molecule has 0 aliphatic rings. The highest BCUT2D eigenvalue weighted by molar-refractivity contribution is 7.95. The Morgan fingerprint density at radius 3 is 1.30 bits per heavy atom. The zero-order chi connectivity index (χ0) is 30.2. The molecule has 0 atom stereocenters. The summed E-state index contributed by atoms with van der Waals surface area (Å²) in [5, 5.41) is 23.7. The van der Waals surface area contributed by atoms with Crippen LogP contribution in [0.5, 0.6) is 11.5 Å². The molecule has 0 aromatic heterocycles. The summed E-state index contributed by atoms with van der Waals surface area (Å²) in [5.74, 6) is -0.209. The van der Waals surface area contributed by atoms with Crippen LogP contribution >= 0.6 is 7.26 Å². The summed E-state index contributed by atoms with van der Waals surface area (Å²) in [5.41, 5.74) is 0.308. The molecule has 2 N–H and O–H groups in total. The molecule has 5 heteroatoms. The van der Waals surface area contributed by atoms with Gasteiger partial charge in [0.05, 0.1) is 11.7 Å². The number of aromatic hydroxyl groups is 2. The molecule has 0 spiro atoms. The van der Waals surface area contributed by atoms with Crippen molar-refractivity contribution in [1.82, 2.24) is 0 Å². The number of rotatable bonds is 19. The van der Waals surface area contributed by atoms with Crippen LogP contribution in [0.1, 0.15) is 93.8 Å². The highest BCUT2D eigenvalue weighted by Gasteiger charge is 2.44. The van der Waals surface area contributed by atoms with Crippen molar-refractivity contribution in [3.63, 3.8) is 0 Å². The number of carbonyl (C=O) groups excluding carboxylic acids is 1. The third kappa shape index (κ3) is 10.3. The summed E-state index contributed by atoms with van der Waals surface area (Å²) in [6.07, 6.45) is 16.3. The predicted molar refractivity (Wildman–Crippen MR) is 184 cm³/mol. The molecule has 0 fully saturated rings. The molecule has 0 bridgehead atoms. The molecule has 4 aromatic carbocycles. The number of carbonyl (C=O) groups is 1. The van der Waals surface area contributed by atoms with Gasteiger partial charge in [-0.1, -0.05) is 112 Å². The van der Waals surface area contributed by atoms with E-state index in [2.05, 4.69) is 91.0 Å². The van der Waals surface area contributed by atoms with E-state index < -0.39 is 7.26 Å². The van der Waals surface area contributed by atoms with Gasteiger partial charge in [-0.25, -0.2) is 0 Å². The molecule has 4 rings (SSSR count). The quantitative estimate of drug-likeness (QED) is 0.0693. The van der Waals surface area contributed by atoms with Gasteiger partial charge < -0.3 is 27.2 Å². The van der Waals surface area contributed by atoms with Crippen molar-refractivity contribution < 1.29 is 32.0 Å². The Bertz CT molecular complexity index is 1270. The van der Waals surface area contributed by atoms with Gasteiger partial charge in [0.15, 0.2) is 5.78 Å². The fourth-order valence-corrected chi connectivity index (χ4v) is 10.6. The largest absolute Gasteiger partial charge is 1.00 e. The smallest absolute Gasteiger partial charge is 0.166 e. The fraction of sp³-hybridized carbons (Fsp3) is 0.359. The van der Waals surface area contributed by atoms with E-state index in [1.54, 1.807) is 0 Å². The van der Waals surface area contributed by atoms with Gasteiger partial charge >= 0.3 is 0 Å². The molecular formula is C39H48BrO3P. The Balaban J connectivity index is 0.00000529. The fourth-order valence-electron chi connectivity index (χ4n) is 6.17. The number of halogens is 1. The van der Waals surface area contributed by atoms with E-state index in [-0.39, 0.29) is 34.3 Å². The Hall–Kier alpha value is -2.94. The summed E-state index contributed by atoms with van der Waals surface area (Å²) >= 11 is 0. The molecule has 0 radical (unpaired) electrons. The number of phenols is 2. The Kier molecular flexibility index (Phi) is 15.7. The van der Waals surface area contributed by atoms with Crippen LogP contribution in [-0.2, 0) is 0 Å². The first kappa shape index (κ1) is 35.5. The average molecular weight is 676 g/mol. The number of hydrogen-bond acceptors (Lipinski definition) is 3. The monoisotopic (exact) mass is 674 g/mol.